The van der Waals surface area contributed by atoms with Crippen molar-refractivity contribution in [3.63, 3.8) is 0 Å². The maximum Gasteiger partial charge on any atom is 0.277 e. The molecule has 2 aromatic carbocycles. The smallest absolute Gasteiger partial charge is 0.277 e. The highest BCUT2D eigenvalue weighted by atomic mass is 35.5. The summed E-state index contributed by atoms with van der Waals surface area (Å²) >= 11 is 13.4. The largest absolute Gasteiger partial charge is 0.497 e. The number of halogens is 2. The Hall–Kier alpha value is -2.02. The third-order valence-corrected chi connectivity index (χ3v) is 6.19. The summed E-state index contributed by atoms with van der Waals surface area (Å²) in [5.41, 5.74) is 2.47. The van der Waals surface area contributed by atoms with Crippen LogP contribution in [0.1, 0.15) is 28.3 Å². The monoisotopic (exact) mass is 434 g/mol. The van der Waals surface area contributed by atoms with Crippen LogP contribution in [-0.4, -0.2) is 33.2 Å². The van der Waals surface area contributed by atoms with E-state index in [1.165, 1.54) is 11.8 Å². The van der Waals surface area contributed by atoms with Crippen molar-refractivity contribution in [2.45, 2.75) is 21.9 Å². The molecule has 1 fully saturated rings. The zero-order chi connectivity index (χ0) is 19.7. The first-order chi connectivity index (χ1) is 13.5. The van der Waals surface area contributed by atoms with E-state index in [1.54, 1.807) is 19.2 Å². The van der Waals surface area contributed by atoms with Crippen LogP contribution < -0.4 is 4.74 Å². The molecule has 144 valence electrons. The van der Waals surface area contributed by atoms with Gasteiger partial charge in [-0.1, -0.05) is 36.0 Å². The van der Waals surface area contributed by atoms with Gasteiger partial charge in [-0.15, -0.1) is 33.4 Å². The quantitative estimate of drug-likeness (QED) is 0.282. The summed E-state index contributed by atoms with van der Waals surface area (Å²) < 4.78 is 10.1. The van der Waals surface area contributed by atoms with Crippen molar-refractivity contribution in [3.8, 4) is 17.2 Å². The van der Waals surface area contributed by atoms with E-state index >= 15 is 0 Å². The highest BCUT2D eigenvalue weighted by molar-refractivity contribution is 7.99. The van der Waals surface area contributed by atoms with E-state index in [1.807, 2.05) is 36.4 Å². The van der Waals surface area contributed by atoms with Crippen LogP contribution >= 0.6 is 35.0 Å². The van der Waals surface area contributed by atoms with Gasteiger partial charge in [-0.2, -0.15) is 0 Å². The van der Waals surface area contributed by atoms with E-state index in [-0.39, 0.29) is 17.5 Å². The van der Waals surface area contributed by atoms with Gasteiger partial charge in [-0.3, -0.25) is 4.79 Å². The minimum absolute atomic E-state index is 0.0143. The summed E-state index contributed by atoms with van der Waals surface area (Å²) in [5.74, 6) is 1.49. The fourth-order valence-electron chi connectivity index (χ4n) is 2.81. The minimum Gasteiger partial charge on any atom is -0.497 e. The lowest BCUT2D eigenvalue weighted by molar-refractivity contribution is 0.102. The van der Waals surface area contributed by atoms with E-state index in [9.17, 15) is 4.79 Å². The summed E-state index contributed by atoms with van der Waals surface area (Å²) in [6.45, 7) is 0. The Morgan fingerprint density at radius 2 is 1.86 bits per heavy atom. The predicted octanol–water partition coefficient (Wildman–Crippen LogP) is 5.38. The second kappa shape index (κ2) is 7.78. The number of hydrogen-bond acceptors (Lipinski definition) is 6. The van der Waals surface area contributed by atoms with Crippen molar-refractivity contribution < 1.29 is 13.9 Å². The van der Waals surface area contributed by atoms with Crippen molar-refractivity contribution >= 4 is 40.7 Å². The van der Waals surface area contributed by atoms with Gasteiger partial charge >= 0.3 is 0 Å². The highest BCUT2D eigenvalue weighted by Crippen LogP contribution is 2.59. The Balaban J connectivity index is 1.35. The topological polar surface area (TPSA) is 65.2 Å². The molecule has 1 aromatic heterocycles. The summed E-state index contributed by atoms with van der Waals surface area (Å²) in [7, 11) is 1.61. The normalized spacial score (nSPS) is 17.3. The van der Waals surface area contributed by atoms with E-state index in [4.69, 9.17) is 32.4 Å². The molecule has 0 spiro atoms. The van der Waals surface area contributed by atoms with E-state index in [0.717, 1.165) is 23.3 Å². The lowest BCUT2D eigenvalue weighted by Gasteiger charge is -2.03. The van der Waals surface area contributed by atoms with Gasteiger partial charge < -0.3 is 9.15 Å². The Morgan fingerprint density at radius 1 is 1.18 bits per heavy atom. The molecule has 0 N–H and O–H groups in total. The van der Waals surface area contributed by atoms with E-state index < -0.39 is 4.33 Å². The van der Waals surface area contributed by atoms with Crippen LogP contribution in [0.15, 0.2) is 58.2 Å². The average Bonchev–Trinajstić information content (AvgIpc) is 3.13. The van der Waals surface area contributed by atoms with Gasteiger partial charge in [0.15, 0.2) is 5.78 Å². The van der Waals surface area contributed by atoms with Gasteiger partial charge in [0.05, 0.1) is 12.9 Å². The first kappa shape index (κ1) is 19.3. The summed E-state index contributed by atoms with van der Waals surface area (Å²) in [5, 5.41) is 8.38. The summed E-state index contributed by atoms with van der Waals surface area (Å²) in [4.78, 5) is 12.4. The zero-order valence-corrected chi connectivity index (χ0v) is 17.2. The fourth-order valence-corrected chi connectivity index (χ4v) is 4.02. The number of benzene rings is 2. The van der Waals surface area contributed by atoms with Crippen molar-refractivity contribution in [2.75, 3.05) is 12.9 Å². The lowest BCUT2D eigenvalue weighted by atomic mass is 10.1. The number of methoxy groups -OCH3 is 1. The molecule has 5 nitrogen and oxygen atoms in total. The maximum atomic E-state index is 12.4. The number of alkyl halides is 2. The van der Waals surface area contributed by atoms with E-state index in [0.29, 0.717) is 16.7 Å². The Labute approximate surface area is 176 Å². The van der Waals surface area contributed by atoms with Gasteiger partial charge in [0, 0.05) is 17.0 Å². The van der Waals surface area contributed by atoms with Crippen molar-refractivity contribution in [1.29, 1.82) is 0 Å². The molecule has 0 bridgehead atoms. The molecule has 0 amide bonds. The van der Waals surface area contributed by atoms with Gasteiger partial charge in [-0.05, 0) is 36.2 Å². The van der Waals surface area contributed by atoms with Crippen LogP contribution in [0, 0.1) is 0 Å². The van der Waals surface area contributed by atoms with E-state index in [2.05, 4.69) is 10.2 Å². The second-order valence-electron chi connectivity index (χ2n) is 6.45. The van der Waals surface area contributed by atoms with Gasteiger partial charge in [0.1, 0.15) is 10.1 Å². The standard InChI is InChI=1S/C20H16Cl2N2O3S/c1-26-15-8-6-14(7-9-15)18-23-24-19(27-18)28-11-17(25)13-4-2-12(3-5-13)16-10-20(16,21)22/h2-9,16H,10-11H2,1H3/t16-/m0/s1. The number of rotatable bonds is 7. The van der Waals surface area contributed by atoms with Crippen molar-refractivity contribution in [1.82, 2.24) is 10.2 Å². The fraction of sp³-hybridized carbons (Fsp3) is 0.250. The first-order valence-corrected chi connectivity index (χ1v) is 10.3. The third-order valence-electron chi connectivity index (χ3n) is 4.53. The molecule has 0 unspecified atom stereocenters. The van der Waals surface area contributed by atoms with Crippen LogP contribution in [0.5, 0.6) is 5.75 Å². The molecule has 4 rings (SSSR count). The molecule has 1 aliphatic rings. The number of ether oxygens (including phenoxy) is 1. The maximum absolute atomic E-state index is 12.4. The van der Waals surface area contributed by atoms with Gasteiger partial charge in [0.25, 0.3) is 5.22 Å². The number of thioether (sulfide) groups is 1. The molecule has 1 saturated carbocycles. The molecule has 0 radical (unpaired) electrons. The molecular weight excluding hydrogens is 419 g/mol. The number of hydrogen-bond donors (Lipinski definition) is 0. The number of carbonyl (C=O) groups excluding carboxylic acids is 1. The van der Waals surface area contributed by atoms with Crippen LogP contribution in [0.2, 0.25) is 0 Å². The van der Waals surface area contributed by atoms with Gasteiger partial charge in [0.2, 0.25) is 5.89 Å². The molecule has 8 heteroatoms. The Morgan fingerprint density at radius 3 is 2.46 bits per heavy atom. The molecule has 3 aromatic rings. The number of ketones is 1. The summed E-state index contributed by atoms with van der Waals surface area (Å²) in [6, 6.07) is 14.7. The minimum atomic E-state index is -0.666. The van der Waals surface area contributed by atoms with Crippen LogP contribution in [0.3, 0.4) is 0 Å². The molecule has 28 heavy (non-hydrogen) atoms. The van der Waals surface area contributed by atoms with Crippen LogP contribution in [0.25, 0.3) is 11.5 Å². The molecular formula is C20H16Cl2N2O3S. The summed E-state index contributed by atoms with van der Waals surface area (Å²) in [6.07, 6.45) is 0.743. The number of nitrogens with zero attached hydrogens (tertiary/aromatic N) is 2. The molecule has 0 saturated heterocycles. The lowest BCUT2D eigenvalue weighted by Crippen LogP contribution is -2.02. The number of carbonyl (C=O) groups is 1. The van der Waals surface area contributed by atoms with Gasteiger partial charge in [-0.25, -0.2) is 0 Å². The molecule has 1 atom stereocenters. The van der Waals surface area contributed by atoms with Crippen molar-refractivity contribution in [2.24, 2.45) is 0 Å². The molecule has 1 aliphatic carbocycles. The second-order valence-corrected chi connectivity index (χ2v) is 8.92. The first-order valence-electron chi connectivity index (χ1n) is 8.58. The van der Waals surface area contributed by atoms with Crippen LogP contribution in [-0.2, 0) is 0 Å². The molecule has 0 aliphatic heterocycles. The highest BCUT2D eigenvalue weighted by Gasteiger charge is 2.52. The average molecular weight is 435 g/mol. The number of aromatic nitrogens is 2. The third kappa shape index (κ3) is 4.19. The van der Waals surface area contributed by atoms with Crippen molar-refractivity contribution in [3.05, 3.63) is 59.7 Å². The Bertz CT molecular complexity index is 987. The SMILES string of the molecule is COc1ccc(-c2nnc(SCC(=O)c3ccc([C@@H]4CC4(Cl)Cl)cc3)o2)cc1. The predicted molar refractivity (Wildman–Crippen MR) is 110 cm³/mol. The molecule has 1 heterocycles. The zero-order valence-electron chi connectivity index (χ0n) is 14.9. The Kier molecular flexibility index (Phi) is 5.36. The van der Waals surface area contributed by atoms with Crippen LogP contribution in [0.4, 0.5) is 0 Å². The number of Topliss-reactive ketones (excluding diaryl/α,β-unsaturated/α-hetero) is 1.